The Balaban J connectivity index is 0.00000368. The Hall–Kier alpha value is -3.56. The minimum Gasteiger partial charge on any atom is -0.492 e. The van der Waals surface area contributed by atoms with E-state index in [0.717, 1.165) is 66.8 Å². The van der Waals surface area contributed by atoms with Gasteiger partial charge in [-0.2, -0.15) is 10.1 Å². The lowest BCUT2D eigenvalue weighted by atomic mass is 10.1. The molecule has 43 heavy (non-hydrogen) atoms. The first-order chi connectivity index (χ1) is 20.6. The van der Waals surface area contributed by atoms with Gasteiger partial charge in [0.15, 0.2) is 5.17 Å². The molecule has 0 aliphatic carbocycles. The van der Waals surface area contributed by atoms with E-state index in [4.69, 9.17) is 21.4 Å². The van der Waals surface area contributed by atoms with Crippen LogP contribution in [0.4, 0.5) is 0 Å². The first-order valence-electron chi connectivity index (χ1n) is 14.2. The number of carbonyl (C=O) groups excluding carboxylic acids is 1. The van der Waals surface area contributed by atoms with Gasteiger partial charge in [-0.3, -0.25) is 9.69 Å². The molecule has 0 bridgehead atoms. The van der Waals surface area contributed by atoms with Crippen molar-refractivity contribution < 1.29 is 9.53 Å². The summed E-state index contributed by atoms with van der Waals surface area (Å²) in [6, 6.07) is 26.1. The van der Waals surface area contributed by atoms with E-state index in [1.54, 1.807) is 0 Å². The van der Waals surface area contributed by atoms with Gasteiger partial charge in [-0.15, -0.1) is 12.4 Å². The summed E-state index contributed by atoms with van der Waals surface area (Å²) >= 11 is 8.02. The van der Waals surface area contributed by atoms with Gasteiger partial charge in [-0.25, -0.2) is 4.68 Å². The van der Waals surface area contributed by atoms with E-state index in [2.05, 4.69) is 46.0 Å². The Bertz CT molecular complexity index is 1620. The van der Waals surface area contributed by atoms with Crippen LogP contribution in [0.1, 0.15) is 24.5 Å². The second-order valence-corrected chi connectivity index (χ2v) is 11.7. The summed E-state index contributed by atoms with van der Waals surface area (Å²) in [7, 11) is 0. The molecule has 1 amide bonds. The molecule has 6 rings (SSSR count). The van der Waals surface area contributed by atoms with Crippen LogP contribution in [-0.2, 0) is 11.3 Å². The van der Waals surface area contributed by atoms with Gasteiger partial charge in [-0.1, -0.05) is 67.1 Å². The normalized spacial score (nSPS) is 16.3. The molecule has 3 heterocycles. The predicted molar refractivity (Wildman–Crippen MR) is 178 cm³/mol. The highest BCUT2D eigenvalue weighted by molar-refractivity contribution is 8.18. The molecule has 0 radical (unpaired) electrons. The van der Waals surface area contributed by atoms with Crippen molar-refractivity contribution in [2.45, 2.75) is 19.9 Å². The molecular weight excluding hydrogens is 601 g/mol. The van der Waals surface area contributed by atoms with Crippen molar-refractivity contribution >= 4 is 52.9 Å². The number of hydrogen-bond acceptors (Lipinski definition) is 6. The molecule has 10 heteroatoms. The number of amidine groups is 1. The third kappa shape index (κ3) is 7.33. The maximum absolute atomic E-state index is 13.1. The summed E-state index contributed by atoms with van der Waals surface area (Å²) in [5.74, 6) is 0.426. The summed E-state index contributed by atoms with van der Waals surface area (Å²) in [4.78, 5) is 22.8. The van der Waals surface area contributed by atoms with E-state index in [9.17, 15) is 4.79 Å². The third-order valence-electron chi connectivity index (χ3n) is 7.22. The van der Waals surface area contributed by atoms with E-state index in [0.29, 0.717) is 22.3 Å². The zero-order valence-electron chi connectivity index (χ0n) is 23.9. The summed E-state index contributed by atoms with van der Waals surface area (Å²) in [5, 5.41) is 6.19. The molecule has 222 valence electrons. The van der Waals surface area contributed by atoms with Crippen LogP contribution >= 0.6 is 35.8 Å². The summed E-state index contributed by atoms with van der Waals surface area (Å²) in [5.41, 5.74) is 4.63. The Kier molecular flexibility index (Phi) is 10.3. The maximum atomic E-state index is 13.1. The largest absolute Gasteiger partial charge is 0.492 e. The monoisotopic (exact) mass is 633 g/mol. The summed E-state index contributed by atoms with van der Waals surface area (Å²) < 4.78 is 7.60. The van der Waals surface area contributed by atoms with Crippen LogP contribution in [0, 0.1) is 0 Å². The maximum Gasteiger partial charge on any atom is 0.286 e. The number of benzene rings is 3. The van der Waals surface area contributed by atoms with E-state index < -0.39 is 0 Å². The average molecular weight is 635 g/mol. The Morgan fingerprint density at radius 3 is 2.40 bits per heavy atom. The van der Waals surface area contributed by atoms with Crippen molar-refractivity contribution in [1.82, 2.24) is 19.6 Å². The zero-order valence-corrected chi connectivity index (χ0v) is 26.2. The second kappa shape index (κ2) is 14.3. The van der Waals surface area contributed by atoms with Crippen molar-refractivity contribution in [2.75, 3.05) is 32.8 Å². The van der Waals surface area contributed by atoms with Crippen LogP contribution in [0.5, 0.6) is 5.75 Å². The van der Waals surface area contributed by atoms with E-state index >= 15 is 0 Å². The fourth-order valence-corrected chi connectivity index (χ4v) is 6.21. The quantitative estimate of drug-likeness (QED) is 0.191. The van der Waals surface area contributed by atoms with E-state index in [-0.39, 0.29) is 18.3 Å². The first kappa shape index (κ1) is 30.9. The molecule has 2 aliphatic heterocycles. The standard InChI is InChI=1S/C33H32ClN5O2S.ClH/c1-2-19-41-29-14-13-25(20-28(29)34)31-26(23-39(36-31)27-11-7-4-8-12-27)21-30-32(40)35-33(42-30)38-17-15-37(16-18-38)22-24-9-5-3-6-10-24;/h3-14,20-21,23H,2,15-19,22H2,1H3;1H. The SMILES string of the molecule is CCCOc1ccc(-c2nn(-c3ccccc3)cc2C=C2SC(N3CCN(Cc4ccccc4)CC3)=NC2=O)cc1Cl.Cl. The molecule has 1 saturated heterocycles. The number of para-hydroxylation sites is 1. The van der Waals surface area contributed by atoms with Crippen molar-refractivity contribution in [3.05, 3.63) is 106 Å². The van der Waals surface area contributed by atoms with Crippen LogP contribution in [0.15, 0.2) is 95.0 Å². The van der Waals surface area contributed by atoms with Gasteiger partial charge in [0.2, 0.25) is 0 Å². The molecule has 0 unspecified atom stereocenters. The molecule has 0 atom stereocenters. The molecule has 0 spiro atoms. The van der Waals surface area contributed by atoms with Gasteiger partial charge in [0.05, 0.1) is 22.2 Å². The molecule has 0 N–H and O–H groups in total. The number of piperazine rings is 1. The number of hydrogen-bond donors (Lipinski definition) is 0. The fourth-order valence-electron chi connectivity index (χ4n) is 5.02. The Morgan fingerprint density at radius 2 is 1.70 bits per heavy atom. The van der Waals surface area contributed by atoms with Crippen LogP contribution in [0.3, 0.4) is 0 Å². The molecule has 2 aliphatic rings. The predicted octanol–water partition coefficient (Wildman–Crippen LogP) is 7.19. The van der Waals surface area contributed by atoms with Gasteiger partial charge in [0.1, 0.15) is 11.4 Å². The van der Waals surface area contributed by atoms with Gasteiger partial charge >= 0.3 is 0 Å². The average Bonchev–Trinajstić information content (AvgIpc) is 3.61. The number of amides is 1. The molecule has 3 aromatic carbocycles. The highest BCUT2D eigenvalue weighted by Crippen LogP contribution is 2.36. The molecule has 0 saturated carbocycles. The number of carbonyl (C=O) groups is 1. The lowest BCUT2D eigenvalue weighted by Crippen LogP contribution is -2.47. The lowest BCUT2D eigenvalue weighted by Gasteiger charge is -2.35. The van der Waals surface area contributed by atoms with Gasteiger partial charge in [0.25, 0.3) is 5.91 Å². The van der Waals surface area contributed by atoms with Crippen molar-refractivity contribution in [3.8, 4) is 22.7 Å². The van der Waals surface area contributed by atoms with Crippen LogP contribution < -0.4 is 4.74 Å². The number of aromatic nitrogens is 2. The molecular formula is C33H33Cl2N5O2S. The van der Waals surface area contributed by atoms with Gasteiger partial charge < -0.3 is 9.64 Å². The minimum atomic E-state index is -0.221. The summed E-state index contributed by atoms with van der Waals surface area (Å²) in [6.07, 6.45) is 4.74. The minimum absolute atomic E-state index is 0. The number of aliphatic imine (C=N–C) groups is 1. The third-order valence-corrected chi connectivity index (χ3v) is 8.56. The molecule has 1 aromatic heterocycles. The molecule has 1 fully saturated rings. The van der Waals surface area contributed by atoms with Crippen molar-refractivity contribution in [3.63, 3.8) is 0 Å². The van der Waals surface area contributed by atoms with Crippen LogP contribution in [-0.4, -0.2) is 63.4 Å². The number of nitrogens with zero attached hydrogens (tertiary/aromatic N) is 5. The Morgan fingerprint density at radius 1 is 0.977 bits per heavy atom. The summed E-state index contributed by atoms with van der Waals surface area (Å²) in [6.45, 7) is 7.11. The van der Waals surface area contributed by atoms with Gasteiger partial charge in [-0.05, 0) is 60.2 Å². The van der Waals surface area contributed by atoms with Crippen molar-refractivity contribution in [2.24, 2.45) is 4.99 Å². The molecule has 7 nitrogen and oxygen atoms in total. The second-order valence-electron chi connectivity index (χ2n) is 10.3. The highest BCUT2D eigenvalue weighted by atomic mass is 35.5. The van der Waals surface area contributed by atoms with E-state index in [1.807, 2.05) is 71.6 Å². The van der Waals surface area contributed by atoms with E-state index in [1.165, 1.54) is 17.3 Å². The van der Waals surface area contributed by atoms with Crippen LogP contribution in [0.25, 0.3) is 23.0 Å². The number of rotatable bonds is 8. The van der Waals surface area contributed by atoms with Gasteiger partial charge in [0, 0.05) is 50.0 Å². The number of halogens is 2. The fraction of sp³-hybridized carbons (Fsp3) is 0.242. The highest BCUT2D eigenvalue weighted by Gasteiger charge is 2.29. The first-order valence-corrected chi connectivity index (χ1v) is 15.4. The topological polar surface area (TPSA) is 63.0 Å². The lowest BCUT2D eigenvalue weighted by molar-refractivity contribution is -0.113. The Labute approximate surface area is 267 Å². The number of thioether (sulfide) groups is 1. The smallest absolute Gasteiger partial charge is 0.286 e. The van der Waals surface area contributed by atoms with Crippen LogP contribution in [0.2, 0.25) is 5.02 Å². The molecule has 4 aromatic rings. The van der Waals surface area contributed by atoms with Crippen molar-refractivity contribution in [1.29, 1.82) is 0 Å². The zero-order chi connectivity index (χ0) is 28.9. The number of ether oxygens (including phenoxy) is 1.